The molecule has 1 heterocycles. The number of hydrogen-bond donors (Lipinski definition) is 2. The second-order valence-electron chi connectivity index (χ2n) is 4.95. The minimum Gasteiger partial charge on any atom is -0.508 e. The van der Waals surface area contributed by atoms with E-state index in [1.165, 1.54) is 6.07 Å². The van der Waals surface area contributed by atoms with Gasteiger partial charge in [-0.25, -0.2) is 8.78 Å². The normalized spacial score (nSPS) is 12.3. The van der Waals surface area contributed by atoms with Crippen LogP contribution < -0.4 is 5.32 Å². The number of rotatable bonds is 5. The van der Waals surface area contributed by atoms with Gasteiger partial charge in [0.25, 0.3) is 0 Å². The van der Waals surface area contributed by atoms with Crippen LogP contribution in [0.4, 0.5) is 8.78 Å². The van der Waals surface area contributed by atoms with E-state index in [9.17, 15) is 13.9 Å². The van der Waals surface area contributed by atoms with Crippen LogP contribution in [0, 0.1) is 11.6 Å². The largest absolute Gasteiger partial charge is 0.508 e. The van der Waals surface area contributed by atoms with Gasteiger partial charge in [0, 0.05) is 6.54 Å². The van der Waals surface area contributed by atoms with Crippen LogP contribution in [0.1, 0.15) is 23.0 Å². The minimum absolute atomic E-state index is 0.147. The van der Waals surface area contributed by atoms with E-state index >= 15 is 0 Å². The maximum atomic E-state index is 13.5. The summed E-state index contributed by atoms with van der Waals surface area (Å²) in [5.41, 5.74) is 1.28. The zero-order valence-corrected chi connectivity index (χ0v) is 11.9. The lowest BCUT2D eigenvalue weighted by atomic mass is 10.1. The van der Waals surface area contributed by atoms with Crippen LogP contribution in [-0.4, -0.2) is 15.2 Å². The Balaban J connectivity index is 1.86. The first-order valence-electron chi connectivity index (χ1n) is 6.86. The lowest BCUT2D eigenvalue weighted by Gasteiger charge is -2.16. The Kier molecular flexibility index (Phi) is 4.29. The van der Waals surface area contributed by atoms with Crippen molar-refractivity contribution in [2.24, 2.45) is 0 Å². The summed E-state index contributed by atoms with van der Waals surface area (Å²) in [6.45, 7) is 0.368. The number of hydrogen-bond acceptors (Lipinski definition) is 5. The molecule has 0 bridgehead atoms. The zero-order chi connectivity index (χ0) is 16.2. The molecule has 118 valence electrons. The van der Waals surface area contributed by atoms with Gasteiger partial charge in [0.2, 0.25) is 6.39 Å². The van der Waals surface area contributed by atoms with Crippen LogP contribution in [0.25, 0.3) is 0 Å². The molecule has 1 aromatic heterocycles. The van der Waals surface area contributed by atoms with E-state index in [4.69, 9.17) is 4.52 Å². The fourth-order valence-corrected chi connectivity index (χ4v) is 2.24. The van der Waals surface area contributed by atoms with E-state index in [0.29, 0.717) is 17.9 Å². The number of halogens is 2. The number of nitrogens with one attached hydrogen (secondary N) is 1. The Morgan fingerprint density at radius 2 is 2.00 bits per heavy atom. The molecule has 0 spiro atoms. The maximum Gasteiger partial charge on any atom is 0.213 e. The molecule has 0 radical (unpaired) electrons. The highest BCUT2D eigenvalue weighted by molar-refractivity contribution is 5.29. The Morgan fingerprint density at radius 1 is 1.13 bits per heavy atom. The Morgan fingerprint density at radius 3 is 2.70 bits per heavy atom. The molecule has 0 amide bonds. The van der Waals surface area contributed by atoms with Crippen LogP contribution in [0.15, 0.2) is 53.4 Å². The van der Waals surface area contributed by atoms with Crippen LogP contribution >= 0.6 is 0 Å². The van der Waals surface area contributed by atoms with Gasteiger partial charge in [-0.05, 0) is 35.4 Å². The monoisotopic (exact) mass is 317 g/mol. The molecule has 0 aliphatic carbocycles. The van der Waals surface area contributed by atoms with Gasteiger partial charge in [-0.1, -0.05) is 23.4 Å². The van der Waals surface area contributed by atoms with Crippen molar-refractivity contribution in [2.45, 2.75) is 12.6 Å². The van der Waals surface area contributed by atoms with Crippen molar-refractivity contribution in [3.63, 3.8) is 0 Å². The van der Waals surface area contributed by atoms with E-state index in [1.807, 2.05) is 6.07 Å². The molecule has 3 aromatic rings. The number of nitrogens with zero attached hydrogens (tertiary/aromatic N) is 2. The van der Waals surface area contributed by atoms with Gasteiger partial charge >= 0.3 is 0 Å². The number of aromatic nitrogens is 2. The highest BCUT2D eigenvalue weighted by Gasteiger charge is 2.19. The SMILES string of the molecule is Oc1cccc(CNC(c2ccc(F)c(F)c2)c2ncon2)c1. The number of phenolic OH excluding ortho intramolecular Hbond substituents is 1. The third-order valence-corrected chi connectivity index (χ3v) is 3.33. The molecule has 2 N–H and O–H groups in total. The van der Waals surface area contributed by atoms with E-state index in [0.717, 1.165) is 24.1 Å². The highest BCUT2D eigenvalue weighted by Crippen LogP contribution is 2.22. The molecular weight excluding hydrogens is 304 g/mol. The highest BCUT2D eigenvalue weighted by atomic mass is 19.2. The molecule has 23 heavy (non-hydrogen) atoms. The summed E-state index contributed by atoms with van der Waals surface area (Å²) < 4.78 is 31.4. The Bertz CT molecular complexity index is 794. The standard InChI is InChI=1S/C16H13F2N3O2/c17-13-5-4-11(7-14(13)18)15(16-20-9-23-21-16)19-8-10-2-1-3-12(22)6-10/h1-7,9,15,19,22H,8H2. The molecule has 1 unspecified atom stereocenters. The summed E-state index contributed by atoms with van der Waals surface area (Å²) in [5, 5.41) is 16.4. The Labute approximate surface area is 130 Å². The Hall–Kier alpha value is -2.80. The first kappa shape index (κ1) is 15.1. The lowest BCUT2D eigenvalue weighted by Crippen LogP contribution is -2.23. The lowest BCUT2D eigenvalue weighted by molar-refractivity contribution is 0.401. The molecule has 0 saturated carbocycles. The molecule has 5 nitrogen and oxygen atoms in total. The van der Waals surface area contributed by atoms with Gasteiger partial charge in [0.1, 0.15) is 5.75 Å². The van der Waals surface area contributed by atoms with Crippen LogP contribution in [0.3, 0.4) is 0 Å². The van der Waals surface area contributed by atoms with Crippen LogP contribution in [0.5, 0.6) is 5.75 Å². The van der Waals surface area contributed by atoms with Gasteiger partial charge in [0.15, 0.2) is 17.5 Å². The average Bonchev–Trinajstić information content (AvgIpc) is 3.05. The molecule has 7 heteroatoms. The summed E-state index contributed by atoms with van der Waals surface area (Å²) in [6, 6.07) is 9.72. The van der Waals surface area contributed by atoms with E-state index in [1.54, 1.807) is 18.2 Å². The molecular formula is C16H13F2N3O2. The van der Waals surface area contributed by atoms with Crippen LogP contribution in [-0.2, 0) is 6.54 Å². The van der Waals surface area contributed by atoms with Crippen molar-refractivity contribution in [1.82, 2.24) is 15.5 Å². The van der Waals surface area contributed by atoms with Crippen molar-refractivity contribution >= 4 is 0 Å². The zero-order valence-electron chi connectivity index (χ0n) is 11.9. The predicted molar refractivity (Wildman–Crippen MR) is 77.4 cm³/mol. The number of aromatic hydroxyl groups is 1. The van der Waals surface area contributed by atoms with Gasteiger partial charge in [-0.15, -0.1) is 0 Å². The topological polar surface area (TPSA) is 71.2 Å². The average molecular weight is 317 g/mol. The van der Waals surface area contributed by atoms with E-state index < -0.39 is 17.7 Å². The fraction of sp³-hybridized carbons (Fsp3) is 0.125. The molecule has 0 saturated heterocycles. The maximum absolute atomic E-state index is 13.5. The molecule has 2 aromatic carbocycles. The fourth-order valence-electron chi connectivity index (χ4n) is 2.24. The number of phenols is 1. The molecule has 0 aliphatic rings. The van der Waals surface area contributed by atoms with Crippen molar-refractivity contribution in [3.05, 3.63) is 77.4 Å². The van der Waals surface area contributed by atoms with Gasteiger partial charge in [0.05, 0.1) is 6.04 Å². The minimum atomic E-state index is -0.949. The summed E-state index contributed by atoms with van der Waals surface area (Å²) in [5.74, 6) is -1.42. The second-order valence-corrected chi connectivity index (χ2v) is 4.95. The van der Waals surface area contributed by atoms with E-state index in [2.05, 4.69) is 15.5 Å². The second kappa shape index (κ2) is 6.53. The molecule has 0 aliphatic heterocycles. The van der Waals surface area contributed by atoms with Crippen molar-refractivity contribution < 1.29 is 18.4 Å². The quantitative estimate of drug-likeness (QED) is 0.757. The predicted octanol–water partition coefficient (Wildman–Crippen LogP) is 2.93. The molecule has 3 rings (SSSR count). The van der Waals surface area contributed by atoms with Gasteiger partial charge in [-0.2, -0.15) is 4.98 Å². The third kappa shape index (κ3) is 3.51. The van der Waals surface area contributed by atoms with Gasteiger partial charge in [-0.3, -0.25) is 5.32 Å². The first-order valence-corrected chi connectivity index (χ1v) is 6.86. The summed E-state index contributed by atoms with van der Waals surface area (Å²) >= 11 is 0. The third-order valence-electron chi connectivity index (χ3n) is 3.33. The van der Waals surface area contributed by atoms with E-state index in [-0.39, 0.29) is 5.75 Å². The summed E-state index contributed by atoms with van der Waals surface area (Å²) in [7, 11) is 0. The summed E-state index contributed by atoms with van der Waals surface area (Å²) in [6.07, 6.45) is 1.16. The van der Waals surface area contributed by atoms with Gasteiger partial charge < -0.3 is 9.63 Å². The first-order chi connectivity index (χ1) is 11.1. The van der Waals surface area contributed by atoms with Crippen molar-refractivity contribution in [1.29, 1.82) is 0 Å². The smallest absolute Gasteiger partial charge is 0.213 e. The van der Waals surface area contributed by atoms with Crippen molar-refractivity contribution in [2.75, 3.05) is 0 Å². The molecule has 0 fully saturated rings. The summed E-state index contributed by atoms with van der Waals surface area (Å²) in [4.78, 5) is 3.97. The number of benzene rings is 2. The van der Waals surface area contributed by atoms with Crippen molar-refractivity contribution in [3.8, 4) is 5.75 Å². The van der Waals surface area contributed by atoms with Crippen LogP contribution in [0.2, 0.25) is 0 Å². The molecule has 1 atom stereocenters.